The van der Waals surface area contributed by atoms with Crippen LogP contribution in [0.25, 0.3) is 0 Å². The molecule has 6 heteroatoms. The van der Waals surface area contributed by atoms with Crippen LogP contribution < -0.4 is 11.3 Å². The van der Waals surface area contributed by atoms with Gasteiger partial charge in [-0.05, 0) is 22.0 Å². The molecular formula is C13H18BrN3S2. The van der Waals surface area contributed by atoms with Crippen molar-refractivity contribution in [1.82, 2.24) is 10.4 Å². The lowest BCUT2D eigenvalue weighted by Crippen LogP contribution is -2.29. The molecule has 0 bridgehead atoms. The Balaban J connectivity index is 2.13. The van der Waals surface area contributed by atoms with Crippen molar-refractivity contribution in [1.29, 1.82) is 0 Å². The first kappa shape index (κ1) is 15.1. The Bertz CT molecular complexity index is 542. The average Bonchev–Trinajstić information content (AvgIpc) is 2.94. The van der Waals surface area contributed by atoms with Crippen molar-refractivity contribution in [3.63, 3.8) is 0 Å². The number of thiazole rings is 1. The minimum atomic E-state index is 0.104. The number of halogens is 1. The summed E-state index contributed by atoms with van der Waals surface area (Å²) in [7, 11) is 0. The molecule has 19 heavy (non-hydrogen) atoms. The second-order valence-electron chi connectivity index (χ2n) is 5.47. The predicted octanol–water partition coefficient (Wildman–Crippen LogP) is 4.01. The normalized spacial score (nSPS) is 13.7. The van der Waals surface area contributed by atoms with Gasteiger partial charge in [0.1, 0.15) is 0 Å². The number of hydrazine groups is 1. The van der Waals surface area contributed by atoms with Crippen LogP contribution in [-0.4, -0.2) is 4.98 Å². The van der Waals surface area contributed by atoms with Gasteiger partial charge in [0.2, 0.25) is 0 Å². The monoisotopic (exact) mass is 359 g/mol. The summed E-state index contributed by atoms with van der Waals surface area (Å²) in [6.45, 7) is 6.54. The minimum Gasteiger partial charge on any atom is -0.271 e. The van der Waals surface area contributed by atoms with Gasteiger partial charge in [-0.2, -0.15) is 0 Å². The van der Waals surface area contributed by atoms with Gasteiger partial charge < -0.3 is 0 Å². The van der Waals surface area contributed by atoms with Gasteiger partial charge in [0.25, 0.3) is 0 Å². The summed E-state index contributed by atoms with van der Waals surface area (Å²) in [5.74, 6) is 5.67. The van der Waals surface area contributed by atoms with Gasteiger partial charge >= 0.3 is 0 Å². The number of hydrogen-bond acceptors (Lipinski definition) is 5. The molecule has 3 N–H and O–H groups in total. The number of nitrogens with zero attached hydrogens (tertiary/aromatic N) is 1. The van der Waals surface area contributed by atoms with E-state index in [0.29, 0.717) is 0 Å². The van der Waals surface area contributed by atoms with Gasteiger partial charge in [0.15, 0.2) is 0 Å². The smallest absolute Gasteiger partial charge is 0.0948 e. The van der Waals surface area contributed by atoms with Crippen LogP contribution in [0.3, 0.4) is 0 Å². The van der Waals surface area contributed by atoms with Crippen molar-refractivity contribution in [3.05, 3.63) is 36.9 Å². The lowest BCUT2D eigenvalue weighted by atomic mass is 9.93. The zero-order valence-corrected chi connectivity index (χ0v) is 14.5. The summed E-state index contributed by atoms with van der Waals surface area (Å²) >= 11 is 6.88. The second kappa shape index (κ2) is 6.01. The Hall–Kier alpha value is -0.270. The predicted molar refractivity (Wildman–Crippen MR) is 86.6 cm³/mol. The molecule has 0 aliphatic rings. The van der Waals surface area contributed by atoms with Crippen LogP contribution in [0, 0.1) is 0 Å². The Morgan fingerprint density at radius 2 is 2.11 bits per heavy atom. The summed E-state index contributed by atoms with van der Waals surface area (Å²) in [4.78, 5) is 5.94. The van der Waals surface area contributed by atoms with Gasteiger partial charge in [-0.25, -0.2) is 4.98 Å². The lowest BCUT2D eigenvalue weighted by molar-refractivity contribution is 0.547. The maximum absolute atomic E-state index is 5.67. The van der Waals surface area contributed by atoms with E-state index in [-0.39, 0.29) is 11.5 Å². The summed E-state index contributed by atoms with van der Waals surface area (Å²) < 4.78 is 1.10. The SMILES string of the molecule is CC(C)(C)c1csc(CC(NN)c2cc(Br)cs2)n1. The molecule has 1 atom stereocenters. The van der Waals surface area contributed by atoms with Crippen LogP contribution in [0.1, 0.15) is 42.4 Å². The molecule has 0 aliphatic carbocycles. The number of nitrogens with two attached hydrogens (primary N) is 1. The van der Waals surface area contributed by atoms with Crippen molar-refractivity contribution in [2.75, 3.05) is 0 Å². The number of rotatable bonds is 4. The molecule has 0 saturated heterocycles. The first-order valence-electron chi connectivity index (χ1n) is 6.05. The fourth-order valence-corrected chi connectivity index (χ4v) is 4.25. The molecule has 0 fully saturated rings. The molecule has 2 aromatic heterocycles. The van der Waals surface area contributed by atoms with Crippen LogP contribution in [0.4, 0.5) is 0 Å². The molecule has 2 heterocycles. The van der Waals surface area contributed by atoms with E-state index in [4.69, 9.17) is 10.8 Å². The quantitative estimate of drug-likeness (QED) is 0.640. The van der Waals surface area contributed by atoms with E-state index in [1.807, 2.05) is 0 Å². The first-order valence-corrected chi connectivity index (χ1v) is 8.60. The highest BCUT2D eigenvalue weighted by Crippen LogP contribution is 2.30. The maximum atomic E-state index is 5.67. The highest BCUT2D eigenvalue weighted by Gasteiger charge is 2.20. The molecule has 3 nitrogen and oxygen atoms in total. The fraction of sp³-hybridized carbons (Fsp3) is 0.462. The molecule has 0 amide bonds. The van der Waals surface area contributed by atoms with Crippen molar-refractivity contribution in [2.24, 2.45) is 5.84 Å². The van der Waals surface area contributed by atoms with E-state index in [2.05, 4.69) is 59.0 Å². The van der Waals surface area contributed by atoms with Crippen molar-refractivity contribution in [2.45, 2.75) is 38.6 Å². The molecule has 1 unspecified atom stereocenters. The molecule has 0 spiro atoms. The van der Waals surface area contributed by atoms with E-state index in [0.717, 1.165) is 21.6 Å². The van der Waals surface area contributed by atoms with E-state index in [1.165, 1.54) is 4.88 Å². The summed E-state index contributed by atoms with van der Waals surface area (Å²) in [6, 6.07) is 2.23. The third-order valence-corrected chi connectivity index (χ3v) is 5.51. The highest BCUT2D eigenvalue weighted by molar-refractivity contribution is 9.10. The number of aromatic nitrogens is 1. The average molecular weight is 360 g/mol. The molecule has 0 aliphatic heterocycles. The minimum absolute atomic E-state index is 0.104. The lowest BCUT2D eigenvalue weighted by Gasteiger charge is -2.15. The molecule has 2 aromatic rings. The number of hydrogen-bond donors (Lipinski definition) is 2. The highest BCUT2D eigenvalue weighted by atomic mass is 79.9. The van der Waals surface area contributed by atoms with E-state index >= 15 is 0 Å². The second-order valence-corrected chi connectivity index (χ2v) is 8.27. The van der Waals surface area contributed by atoms with E-state index in [1.54, 1.807) is 22.7 Å². The van der Waals surface area contributed by atoms with Crippen LogP contribution in [0.15, 0.2) is 21.3 Å². The zero-order valence-electron chi connectivity index (χ0n) is 11.2. The third-order valence-electron chi connectivity index (χ3n) is 2.83. The number of nitrogens with one attached hydrogen (secondary N) is 1. The molecule has 104 valence electrons. The topological polar surface area (TPSA) is 50.9 Å². The number of thiophene rings is 1. The first-order chi connectivity index (χ1) is 8.90. The van der Waals surface area contributed by atoms with E-state index < -0.39 is 0 Å². The van der Waals surface area contributed by atoms with Crippen LogP contribution >= 0.6 is 38.6 Å². The molecule has 0 aromatic carbocycles. The van der Waals surface area contributed by atoms with E-state index in [9.17, 15) is 0 Å². The Morgan fingerprint density at radius 3 is 2.58 bits per heavy atom. The molecule has 0 radical (unpaired) electrons. The Morgan fingerprint density at radius 1 is 1.37 bits per heavy atom. The van der Waals surface area contributed by atoms with Gasteiger partial charge in [0.05, 0.1) is 16.7 Å². The Labute approximate surface area is 130 Å². The van der Waals surface area contributed by atoms with Gasteiger partial charge in [-0.15, -0.1) is 22.7 Å². The fourth-order valence-electron chi connectivity index (χ4n) is 1.68. The van der Waals surface area contributed by atoms with Crippen molar-refractivity contribution < 1.29 is 0 Å². The largest absolute Gasteiger partial charge is 0.271 e. The van der Waals surface area contributed by atoms with Crippen LogP contribution in [0.2, 0.25) is 0 Å². The standard InChI is InChI=1S/C13H18BrN3S2/c1-13(2,3)11-7-19-12(16-11)5-9(17-15)10-4-8(14)6-18-10/h4,6-7,9,17H,5,15H2,1-3H3. The third kappa shape index (κ3) is 3.86. The summed E-state index contributed by atoms with van der Waals surface area (Å²) in [5, 5.41) is 5.34. The summed E-state index contributed by atoms with van der Waals surface area (Å²) in [6.07, 6.45) is 0.824. The van der Waals surface area contributed by atoms with Crippen molar-refractivity contribution in [3.8, 4) is 0 Å². The molecule has 2 rings (SSSR count). The van der Waals surface area contributed by atoms with Crippen LogP contribution in [0.5, 0.6) is 0 Å². The van der Waals surface area contributed by atoms with Crippen molar-refractivity contribution >= 4 is 38.6 Å². The molecule has 0 saturated carbocycles. The zero-order chi connectivity index (χ0) is 14.0. The van der Waals surface area contributed by atoms with Crippen LogP contribution in [-0.2, 0) is 11.8 Å². The van der Waals surface area contributed by atoms with Gasteiger partial charge in [-0.1, -0.05) is 20.8 Å². The molecular weight excluding hydrogens is 342 g/mol. The maximum Gasteiger partial charge on any atom is 0.0948 e. The Kier molecular flexibility index (Phi) is 4.79. The summed E-state index contributed by atoms with van der Waals surface area (Å²) in [5.41, 5.74) is 4.14. The van der Waals surface area contributed by atoms with Gasteiger partial charge in [0, 0.05) is 31.9 Å². The van der Waals surface area contributed by atoms with Gasteiger partial charge in [-0.3, -0.25) is 11.3 Å².